The average Bonchev–Trinajstić information content (AvgIpc) is 3.10. The Hall–Kier alpha value is -1.60. The van der Waals surface area contributed by atoms with Gasteiger partial charge in [0.2, 0.25) is 0 Å². The average molecular weight is 447 g/mol. The molecule has 162 valence electrons. The molecule has 1 heterocycles. The second kappa shape index (κ2) is 11.1. The topological polar surface area (TPSA) is 54.2 Å². The Kier molecular flexibility index (Phi) is 8.57. The number of halogens is 1. The molecule has 1 atom stereocenters. The number of hydrogen-bond acceptors (Lipinski definition) is 5. The van der Waals surface area contributed by atoms with E-state index in [0.717, 1.165) is 48.2 Å². The lowest BCUT2D eigenvalue weighted by Crippen LogP contribution is -2.24. The van der Waals surface area contributed by atoms with Crippen molar-refractivity contribution in [3.63, 3.8) is 0 Å². The minimum absolute atomic E-state index is 0.176. The van der Waals surface area contributed by atoms with E-state index in [9.17, 15) is 0 Å². The number of thioether (sulfide) groups is 1. The van der Waals surface area contributed by atoms with Crippen LogP contribution in [0.15, 0.2) is 53.2 Å². The molecule has 1 aromatic heterocycles. The molecule has 0 amide bonds. The van der Waals surface area contributed by atoms with Crippen molar-refractivity contribution in [2.75, 3.05) is 26.0 Å². The molecule has 0 bridgehead atoms. The summed E-state index contributed by atoms with van der Waals surface area (Å²) in [6.45, 7) is 8.05. The van der Waals surface area contributed by atoms with Crippen LogP contribution in [0.1, 0.15) is 38.4 Å². The molecular formula is C23H31ClN4OS. The van der Waals surface area contributed by atoms with E-state index >= 15 is 0 Å². The van der Waals surface area contributed by atoms with E-state index in [2.05, 4.69) is 46.3 Å². The van der Waals surface area contributed by atoms with E-state index in [1.807, 2.05) is 24.3 Å². The third-order valence-electron chi connectivity index (χ3n) is 5.39. The summed E-state index contributed by atoms with van der Waals surface area (Å²) in [5, 5.41) is 19.5. The van der Waals surface area contributed by atoms with Gasteiger partial charge in [-0.15, -0.1) is 10.2 Å². The molecule has 0 saturated carbocycles. The molecule has 30 heavy (non-hydrogen) atoms. The first-order valence-corrected chi connectivity index (χ1v) is 11.8. The van der Waals surface area contributed by atoms with Crippen molar-refractivity contribution in [2.45, 2.75) is 44.3 Å². The summed E-state index contributed by atoms with van der Waals surface area (Å²) in [5.41, 5.74) is 3.74. The lowest BCUT2D eigenvalue weighted by atomic mass is 9.85. The van der Waals surface area contributed by atoms with E-state index < -0.39 is 0 Å². The molecule has 0 fully saturated rings. The SMILES string of the molecule is C=C(C)[C@@H]1CC=C(CN(C)Cc2nnc(SCCCO)n2-c2cccc(Cl)c2)CC1. The fourth-order valence-electron chi connectivity index (χ4n) is 3.72. The highest BCUT2D eigenvalue weighted by Crippen LogP contribution is 2.29. The molecule has 0 aliphatic heterocycles. The van der Waals surface area contributed by atoms with Crippen LogP contribution in [-0.2, 0) is 6.54 Å². The van der Waals surface area contributed by atoms with Crippen molar-refractivity contribution in [1.29, 1.82) is 0 Å². The Bertz CT molecular complexity index is 895. The predicted molar refractivity (Wildman–Crippen MR) is 125 cm³/mol. The highest BCUT2D eigenvalue weighted by atomic mass is 35.5. The molecule has 5 nitrogen and oxygen atoms in total. The van der Waals surface area contributed by atoms with Gasteiger partial charge in [0.05, 0.1) is 12.2 Å². The zero-order chi connectivity index (χ0) is 21.5. The van der Waals surface area contributed by atoms with Gasteiger partial charge in [-0.2, -0.15) is 0 Å². The summed E-state index contributed by atoms with van der Waals surface area (Å²) >= 11 is 7.85. The van der Waals surface area contributed by atoms with Crippen molar-refractivity contribution < 1.29 is 5.11 Å². The molecular weight excluding hydrogens is 416 g/mol. The minimum Gasteiger partial charge on any atom is -0.396 e. The lowest BCUT2D eigenvalue weighted by molar-refractivity contribution is 0.296. The number of aliphatic hydroxyl groups is 1. The van der Waals surface area contributed by atoms with Gasteiger partial charge < -0.3 is 5.11 Å². The zero-order valence-corrected chi connectivity index (χ0v) is 19.4. The van der Waals surface area contributed by atoms with Crippen LogP contribution >= 0.6 is 23.4 Å². The first kappa shape index (κ1) is 23.1. The minimum atomic E-state index is 0.176. The molecule has 7 heteroatoms. The Morgan fingerprint density at radius 3 is 2.87 bits per heavy atom. The van der Waals surface area contributed by atoms with Crippen LogP contribution in [0.3, 0.4) is 0 Å². The Balaban J connectivity index is 1.74. The number of aliphatic hydroxyl groups excluding tert-OH is 1. The number of likely N-dealkylation sites (N-methyl/N-ethyl adjacent to an activating group) is 1. The zero-order valence-electron chi connectivity index (χ0n) is 17.9. The normalized spacial score (nSPS) is 16.7. The van der Waals surface area contributed by atoms with Gasteiger partial charge in [-0.3, -0.25) is 9.47 Å². The van der Waals surface area contributed by atoms with Gasteiger partial charge in [0, 0.05) is 23.9 Å². The van der Waals surface area contributed by atoms with Crippen molar-refractivity contribution in [3.8, 4) is 5.69 Å². The van der Waals surface area contributed by atoms with E-state index in [-0.39, 0.29) is 6.61 Å². The van der Waals surface area contributed by atoms with Crippen molar-refractivity contribution in [3.05, 3.63) is 58.9 Å². The van der Waals surface area contributed by atoms with Gasteiger partial charge in [0.1, 0.15) is 0 Å². The van der Waals surface area contributed by atoms with Gasteiger partial charge in [-0.05, 0) is 63.8 Å². The second-order valence-corrected chi connectivity index (χ2v) is 9.49. The van der Waals surface area contributed by atoms with E-state index in [0.29, 0.717) is 17.5 Å². The monoisotopic (exact) mass is 446 g/mol. The van der Waals surface area contributed by atoms with Gasteiger partial charge in [-0.1, -0.05) is 53.2 Å². The van der Waals surface area contributed by atoms with Crippen LogP contribution in [-0.4, -0.2) is 50.7 Å². The van der Waals surface area contributed by atoms with Crippen LogP contribution in [0, 0.1) is 5.92 Å². The molecule has 0 radical (unpaired) electrons. The number of hydrogen-bond donors (Lipinski definition) is 1. The molecule has 1 aliphatic carbocycles. The van der Waals surface area contributed by atoms with Crippen LogP contribution in [0.25, 0.3) is 5.69 Å². The van der Waals surface area contributed by atoms with Crippen molar-refractivity contribution in [1.82, 2.24) is 19.7 Å². The predicted octanol–water partition coefficient (Wildman–Crippen LogP) is 5.13. The summed E-state index contributed by atoms with van der Waals surface area (Å²) in [5.74, 6) is 2.31. The van der Waals surface area contributed by atoms with E-state index in [4.69, 9.17) is 16.7 Å². The third kappa shape index (κ3) is 6.20. The molecule has 0 saturated heterocycles. The standard InChI is InChI=1S/C23H31ClN4OS/c1-17(2)19-10-8-18(9-11-19)15-27(3)16-22-25-26-23(30-13-5-12-29)28(22)21-7-4-6-20(24)14-21/h4,6-8,14,19,29H,1,5,9-13,15-16H2,2-3H3/t19-/m1/s1. The Morgan fingerprint density at radius 1 is 1.37 bits per heavy atom. The van der Waals surface area contributed by atoms with Crippen molar-refractivity contribution >= 4 is 23.4 Å². The summed E-state index contributed by atoms with van der Waals surface area (Å²) in [6, 6.07) is 7.77. The van der Waals surface area contributed by atoms with E-state index in [1.165, 1.54) is 17.6 Å². The molecule has 3 rings (SSSR count). The smallest absolute Gasteiger partial charge is 0.195 e. The third-order valence-corrected chi connectivity index (χ3v) is 6.64. The summed E-state index contributed by atoms with van der Waals surface area (Å²) in [4.78, 5) is 2.29. The van der Waals surface area contributed by atoms with Gasteiger partial charge in [-0.25, -0.2) is 0 Å². The number of aromatic nitrogens is 3. The van der Waals surface area contributed by atoms with Crippen molar-refractivity contribution in [2.24, 2.45) is 5.92 Å². The summed E-state index contributed by atoms with van der Waals surface area (Å²) in [6.07, 6.45) is 6.53. The molecule has 0 spiro atoms. The lowest BCUT2D eigenvalue weighted by Gasteiger charge is -2.25. The Labute approximate surface area is 188 Å². The second-order valence-electron chi connectivity index (χ2n) is 7.99. The number of nitrogens with zero attached hydrogens (tertiary/aromatic N) is 4. The van der Waals surface area contributed by atoms with E-state index in [1.54, 1.807) is 11.8 Å². The highest BCUT2D eigenvalue weighted by Gasteiger charge is 2.19. The maximum absolute atomic E-state index is 9.10. The number of rotatable bonds is 10. The molecule has 1 aliphatic rings. The summed E-state index contributed by atoms with van der Waals surface area (Å²) in [7, 11) is 2.13. The first-order valence-electron chi connectivity index (χ1n) is 10.4. The number of allylic oxidation sites excluding steroid dienone is 2. The van der Waals surface area contributed by atoms with Crippen LogP contribution in [0.5, 0.6) is 0 Å². The number of benzene rings is 1. The van der Waals surface area contributed by atoms with Crippen LogP contribution in [0.2, 0.25) is 5.02 Å². The fraction of sp³-hybridized carbons (Fsp3) is 0.478. The molecule has 1 N–H and O–H groups in total. The highest BCUT2D eigenvalue weighted by molar-refractivity contribution is 7.99. The largest absolute Gasteiger partial charge is 0.396 e. The summed E-state index contributed by atoms with van der Waals surface area (Å²) < 4.78 is 2.08. The molecule has 0 unspecified atom stereocenters. The first-order chi connectivity index (χ1) is 14.5. The van der Waals surface area contributed by atoms with Gasteiger partial charge >= 0.3 is 0 Å². The van der Waals surface area contributed by atoms with Crippen LogP contribution < -0.4 is 0 Å². The van der Waals surface area contributed by atoms with Gasteiger partial charge in [0.25, 0.3) is 0 Å². The molecule has 2 aromatic rings. The maximum atomic E-state index is 9.10. The Morgan fingerprint density at radius 2 is 2.20 bits per heavy atom. The van der Waals surface area contributed by atoms with Crippen LogP contribution in [0.4, 0.5) is 0 Å². The quantitative estimate of drug-likeness (QED) is 0.311. The molecule has 1 aromatic carbocycles. The maximum Gasteiger partial charge on any atom is 0.195 e. The van der Waals surface area contributed by atoms with Gasteiger partial charge in [0.15, 0.2) is 11.0 Å². The fourth-order valence-corrected chi connectivity index (χ4v) is 4.80.